The second-order valence-electron chi connectivity index (χ2n) is 0.500. The maximum atomic E-state index is 8.62. The van der Waals surface area contributed by atoms with Crippen LogP contribution in [-0.2, 0) is 37.6 Å². The molecule has 0 unspecified atom stereocenters. The van der Waals surface area contributed by atoms with Crippen LogP contribution < -0.4 is 14.8 Å². The summed E-state index contributed by atoms with van der Waals surface area (Å²) in [5.74, 6) is 0. The summed E-state index contributed by atoms with van der Waals surface area (Å²) in [5.41, 5.74) is 0. The Kier molecular flexibility index (Phi) is 15.8. The molecule has 0 aliphatic rings. The molecule has 0 saturated heterocycles. The Hall–Kier alpha value is 2.66. The van der Waals surface area contributed by atoms with Gasteiger partial charge < -0.3 is 0 Å². The van der Waals surface area contributed by atoms with E-state index in [9.17, 15) is 0 Å². The molecule has 32 valence electrons. The normalized spacial score (nSPS) is 8.57. The molecule has 7 heavy (non-hydrogen) atoms. The van der Waals surface area contributed by atoms with Gasteiger partial charge >= 0.3 is 97.9 Å². The van der Waals surface area contributed by atoms with Crippen LogP contribution in [0.5, 0.6) is 0 Å². The zero-order valence-corrected chi connectivity index (χ0v) is 11.6. The smallest absolute Gasteiger partial charge is 2.00 e. The van der Waals surface area contributed by atoms with Crippen LogP contribution in [0.25, 0.3) is 0 Å². The molecule has 0 fully saturated rings. The molecule has 0 heterocycles. The maximum Gasteiger partial charge on any atom is 2.00 e. The molecule has 0 rings (SSSR count). The predicted molar refractivity (Wildman–Crippen MR) is 5.75 cm³/mol. The molecule has 0 bridgehead atoms. The minimum Gasteiger partial charge on any atom is 2.00 e. The molecule has 0 spiro atoms. The average molecular weight is 265 g/mol. The number of hydrogen-bond acceptors (Lipinski definition) is 4. The summed E-state index contributed by atoms with van der Waals surface area (Å²) in [4.78, 5) is 0. The third kappa shape index (κ3) is 54.3. The van der Waals surface area contributed by atoms with Crippen LogP contribution in [0.4, 0.5) is 0 Å². The molecule has 7 heteroatoms. The third-order valence-corrected chi connectivity index (χ3v) is 0. The molecule has 0 radical (unpaired) electrons. The Morgan fingerprint density at radius 2 is 0.857 bits per heavy atom. The Morgan fingerprint density at radius 3 is 0.857 bits per heavy atom. The van der Waals surface area contributed by atoms with Crippen LogP contribution >= 0.6 is 0 Å². The van der Waals surface area contributed by atoms with E-state index in [1.165, 1.54) is 0 Å². The SMILES string of the molecule is [O-][Ti]([O-])([O-])[O-].[Sr+2].[Zn+2]. The summed E-state index contributed by atoms with van der Waals surface area (Å²) >= 11 is -6.00. The second kappa shape index (κ2) is 6.77. The van der Waals surface area contributed by atoms with Crippen LogP contribution in [0, 0.1) is 0 Å². The van der Waals surface area contributed by atoms with E-state index in [0.717, 1.165) is 0 Å². The van der Waals surface area contributed by atoms with Crippen molar-refractivity contribution in [3.05, 3.63) is 0 Å². The van der Waals surface area contributed by atoms with Gasteiger partial charge in [-0.15, -0.1) is 0 Å². The fraction of sp³-hybridized carbons (Fsp3) is 0. The Morgan fingerprint density at radius 1 is 0.857 bits per heavy atom. The molecule has 0 aromatic carbocycles. The van der Waals surface area contributed by atoms with Gasteiger partial charge in [-0.05, 0) is 0 Å². The fourth-order valence-corrected chi connectivity index (χ4v) is 0. The van der Waals surface area contributed by atoms with Crippen LogP contribution in [0.15, 0.2) is 0 Å². The molecule has 0 N–H and O–H groups in total. The second-order valence-corrected chi connectivity index (χ2v) is 2.06. The summed E-state index contributed by atoms with van der Waals surface area (Å²) in [6.45, 7) is 0. The van der Waals surface area contributed by atoms with Gasteiger partial charge in [0.05, 0.1) is 0 Å². The quantitative estimate of drug-likeness (QED) is 0.409. The van der Waals surface area contributed by atoms with Crippen LogP contribution in [-0.4, -0.2) is 45.5 Å². The molecular weight excluding hydrogens is 265 g/mol. The first-order valence-electron chi connectivity index (χ1n) is 0.816. The first-order valence-corrected chi connectivity index (χ1v) is 3.37. The van der Waals surface area contributed by atoms with Gasteiger partial charge in [0.25, 0.3) is 0 Å². The molecular formula is O4SrTiZn. The van der Waals surface area contributed by atoms with Crippen LogP contribution in [0.3, 0.4) is 0 Å². The Bertz CT molecular complexity index is 27.2. The molecule has 0 aliphatic heterocycles. The maximum absolute atomic E-state index is 8.62. The fourth-order valence-electron chi connectivity index (χ4n) is 0. The topological polar surface area (TPSA) is 92.2 Å². The van der Waals surface area contributed by atoms with Crippen LogP contribution in [0.2, 0.25) is 0 Å². The predicted octanol–water partition coefficient (Wildman–Crippen LogP) is -5.14. The van der Waals surface area contributed by atoms with E-state index < -0.39 is 18.1 Å². The van der Waals surface area contributed by atoms with Crippen molar-refractivity contribution in [3.63, 3.8) is 0 Å². The van der Waals surface area contributed by atoms with Crippen LogP contribution in [0.1, 0.15) is 0 Å². The summed E-state index contributed by atoms with van der Waals surface area (Å²) in [6.07, 6.45) is 0. The van der Waals surface area contributed by atoms with Gasteiger partial charge in [0.2, 0.25) is 0 Å². The number of hydrogen-bond donors (Lipinski definition) is 0. The van der Waals surface area contributed by atoms with E-state index in [1.54, 1.807) is 0 Å². The van der Waals surface area contributed by atoms with Crippen molar-refractivity contribution in [2.45, 2.75) is 0 Å². The Labute approximate surface area is 95.8 Å². The average Bonchev–Trinajstić information content (AvgIpc) is 0.722. The molecule has 0 aromatic heterocycles. The molecule has 0 aromatic rings. The van der Waals surface area contributed by atoms with E-state index in [0.29, 0.717) is 0 Å². The van der Waals surface area contributed by atoms with Gasteiger partial charge in [-0.2, -0.15) is 0 Å². The summed E-state index contributed by atoms with van der Waals surface area (Å²) < 4.78 is 34.5. The van der Waals surface area contributed by atoms with E-state index >= 15 is 0 Å². The van der Waals surface area contributed by atoms with Crippen molar-refractivity contribution in [2.24, 2.45) is 0 Å². The van der Waals surface area contributed by atoms with Crippen molar-refractivity contribution < 1.29 is 52.4 Å². The third-order valence-electron chi connectivity index (χ3n) is 0. The largest absolute Gasteiger partial charge is 2.00 e. The molecule has 0 saturated carbocycles. The molecule has 4 nitrogen and oxygen atoms in total. The minimum atomic E-state index is -6.00. The van der Waals surface area contributed by atoms with Crippen molar-refractivity contribution in [3.8, 4) is 0 Å². The van der Waals surface area contributed by atoms with Gasteiger partial charge in [0.15, 0.2) is 0 Å². The van der Waals surface area contributed by atoms with E-state index in [2.05, 4.69) is 0 Å². The zero-order valence-electron chi connectivity index (χ0n) is 3.55. The van der Waals surface area contributed by atoms with E-state index in [4.69, 9.17) is 14.8 Å². The summed E-state index contributed by atoms with van der Waals surface area (Å²) in [7, 11) is 0. The molecule has 0 amide bonds. The monoisotopic (exact) mass is 264 g/mol. The van der Waals surface area contributed by atoms with Gasteiger partial charge in [-0.1, -0.05) is 0 Å². The molecule has 0 atom stereocenters. The van der Waals surface area contributed by atoms with Crippen molar-refractivity contribution in [1.29, 1.82) is 0 Å². The zero-order chi connectivity index (χ0) is 4.50. The van der Waals surface area contributed by atoms with Crippen molar-refractivity contribution in [1.82, 2.24) is 0 Å². The first-order chi connectivity index (χ1) is 2.00. The van der Waals surface area contributed by atoms with E-state index in [-0.39, 0.29) is 65.0 Å². The minimum absolute atomic E-state index is 0. The summed E-state index contributed by atoms with van der Waals surface area (Å²) in [6, 6.07) is 0. The number of rotatable bonds is 0. The van der Waals surface area contributed by atoms with Gasteiger partial charge in [0.1, 0.15) is 0 Å². The van der Waals surface area contributed by atoms with E-state index in [1.807, 2.05) is 0 Å². The van der Waals surface area contributed by atoms with Gasteiger partial charge in [-0.3, -0.25) is 0 Å². The standard InChI is InChI=1S/4O.Sr.Ti.Zn/q4*-1;+2;;+2. The van der Waals surface area contributed by atoms with Crippen molar-refractivity contribution >= 4 is 45.5 Å². The molecule has 0 aliphatic carbocycles. The summed E-state index contributed by atoms with van der Waals surface area (Å²) in [5, 5.41) is 0. The van der Waals surface area contributed by atoms with Crippen molar-refractivity contribution in [2.75, 3.05) is 0 Å². The van der Waals surface area contributed by atoms with Gasteiger partial charge in [-0.25, -0.2) is 0 Å². The van der Waals surface area contributed by atoms with Gasteiger partial charge in [0, 0.05) is 0 Å². The Balaban J connectivity index is -0.0000000800. The first kappa shape index (κ1) is 16.3.